The first-order valence-corrected chi connectivity index (χ1v) is 6.61. The average molecular weight is 278 g/mol. The molecule has 0 aliphatic rings. The lowest BCUT2D eigenvalue weighted by molar-refractivity contribution is 0.0950. The van der Waals surface area contributed by atoms with Crippen LogP contribution in [-0.4, -0.2) is 20.9 Å². The molecule has 2 N–H and O–H groups in total. The lowest BCUT2D eigenvalue weighted by Crippen LogP contribution is -2.23. The van der Waals surface area contributed by atoms with Crippen LogP contribution in [0.15, 0.2) is 61.1 Å². The molecule has 0 saturated heterocycles. The number of carbonyl (C=O) groups excluding carboxylic acids is 1. The summed E-state index contributed by atoms with van der Waals surface area (Å²) in [5.41, 5.74) is 2.39. The Balaban J connectivity index is 1.65. The SMILES string of the molecule is O=C(NCc1ccccn1)c1ccc(-c2ncc[nH]2)cc1. The van der Waals surface area contributed by atoms with Crippen molar-refractivity contribution in [1.29, 1.82) is 0 Å². The van der Waals surface area contributed by atoms with Gasteiger partial charge in [-0.15, -0.1) is 0 Å². The second-order valence-corrected chi connectivity index (χ2v) is 4.52. The lowest BCUT2D eigenvalue weighted by Gasteiger charge is -2.05. The number of hydrogen-bond donors (Lipinski definition) is 2. The fourth-order valence-corrected chi connectivity index (χ4v) is 1.98. The van der Waals surface area contributed by atoms with Gasteiger partial charge >= 0.3 is 0 Å². The molecule has 5 heteroatoms. The highest BCUT2D eigenvalue weighted by Crippen LogP contribution is 2.15. The van der Waals surface area contributed by atoms with Gasteiger partial charge in [-0.05, 0) is 24.3 Å². The van der Waals surface area contributed by atoms with E-state index in [0.717, 1.165) is 17.1 Å². The first kappa shape index (κ1) is 13.1. The number of aromatic nitrogens is 3. The Bertz CT molecular complexity index is 706. The fourth-order valence-electron chi connectivity index (χ4n) is 1.98. The molecule has 104 valence electrons. The summed E-state index contributed by atoms with van der Waals surface area (Å²) in [6, 6.07) is 12.9. The zero-order valence-electron chi connectivity index (χ0n) is 11.3. The number of benzene rings is 1. The molecule has 21 heavy (non-hydrogen) atoms. The minimum absolute atomic E-state index is 0.119. The minimum Gasteiger partial charge on any atom is -0.346 e. The molecule has 0 aliphatic carbocycles. The Morgan fingerprint density at radius 3 is 2.57 bits per heavy atom. The van der Waals surface area contributed by atoms with Gasteiger partial charge in [-0.3, -0.25) is 9.78 Å². The van der Waals surface area contributed by atoms with Gasteiger partial charge in [0.25, 0.3) is 5.91 Å². The molecule has 5 nitrogen and oxygen atoms in total. The van der Waals surface area contributed by atoms with Crippen molar-refractivity contribution in [1.82, 2.24) is 20.3 Å². The second-order valence-electron chi connectivity index (χ2n) is 4.52. The Morgan fingerprint density at radius 2 is 1.90 bits per heavy atom. The number of nitrogens with zero attached hydrogens (tertiary/aromatic N) is 2. The van der Waals surface area contributed by atoms with Crippen molar-refractivity contribution in [3.8, 4) is 11.4 Å². The maximum atomic E-state index is 12.1. The van der Waals surface area contributed by atoms with Crippen LogP contribution >= 0.6 is 0 Å². The van der Waals surface area contributed by atoms with Gasteiger partial charge in [0.2, 0.25) is 0 Å². The third kappa shape index (κ3) is 3.14. The Labute approximate surface area is 122 Å². The lowest BCUT2D eigenvalue weighted by atomic mass is 10.1. The highest BCUT2D eigenvalue weighted by molar-refractivity contribution is 5.94. The zero-order chi connectivity index (χ0) is 14.5. The predicted molar refractivity (Wildman–Crippen MR) is 79.4 cm³/mol. The van der Waals surface area contributed by atoms with Gasteiger partial charge < -0.3 is 10.3 Å². The van der Waals surface area contributed by atoms with Crippen molar-refractivity contribution in [2.75, 3.05) is 0 Å². The smallest absolute Gasteiger partial charge is 0.251 e. The van der Waals surface area contributed by atoms with Crippen LogP contribution in [0, 0.1) is 0 Å². The summed E-state index contributed by atoms with van der Waals surface area (Å²) in [6.07, 6.45) is 5.17. The van der Waals surface area contributed by atoms with Gasteiger partial charge in [-0.25, -0.2) is 4.98 Å². The van der Waals surface area contributed by atoms with E-state index in [0.29, 0.717) is 12.1 Å². The van der Waals surface area contributed by atoms with Crippen LogP contribution in [0.3, 0.4) is 0 Å². The van der Waals surface area contributed by atoms with E-state index in [9.17, 15) is 4.79 Å². The molecule has 2 aromatic heterocycles. The molecule has 3 aromatic rings. The van der Waals surface area contributed by atoms with Gasteiger partial charge in [-0.1, -0.05) is 18.2 Å². The fraction of sp³-hybridized carbons (Fsp3) is 0.0625. The normalized spacial score (nSPS) is 10.3. The summed E-state index contributed by atoms with van der Waals surface area (Å²) < 4.78 is 0. The maximum Gasteiger partial charge on any atom is 0.251 e. The zero-order valence-corrected chi connectivity index (χ0v) is 11.3. The topological polar surface area (TPSA) is 70.7 Å². The molecule has 0 fully saturated rings. The van der Waals surface area contributed by atoms with Gasteiger partial charge in [0.15, 0.2) is 0 Å². The molecule has 1 aromatic carbocycles. The van der Waals surface area contributed by atoms with Crippen LogP contribution < -0.4 is 5.32 Å². The van der Waals surface area contributed by atoms with Crippen LogP contribution in [-0.2, 0) is 6.54 Å². The first-order chi connectivity index (χ1) is 10.3. The molecule has 0 aliphatic heterocycles. The molecule has 2 heterocycles. The highest BCUT2D eigenvalue weighted by Gasteiger charge is 2.06. The van der Waals surface area contributed by atoms with Gasteiger partial charge in [0.05, 0.1) is 12.2 Å². The maximum absolute atomic E-state index is 12.1. The van der Waals surface area contributed by atoms with Crippen molar-refractivity contribution in [3.05, 3.63) is 72.3 Å². The van der Waals surface area contributed by atoms with Crippen LogP contribution in [0.1, 0.15) is 16.1 Å². The number of hydrogen-bond acceptors (Lipinski definition) is 3. The summed E-state index contributed by atoms with van der Waals surface area (Å²) in [4.78, 5) is 23.4. The highest BCUT2D eigenvalue weighted by atomic mass is 16.1. The predicted octanol–water partition coefficient (Wildman–Crippen LogP) is 2.40. The number of amides is 1. The standard InChI is InChI=1S/C16H14N4O/c21-16(20-11-14-3-1-2-8-17-14)13-6-4-12(5-7-13)15-18-9-10-19-15/h1-10H,11H2,(H,18,19)(H,20,21). The van der Waals surface area contributed by atoms with Crippen LogP contribution in [0.5, 0.6) is 0 Å². The number of nitrogens with one attached hydrogen (secondary N) is 2. The second kappa shape index (κ2) is 6.00. The molecule has 0 radical (unpaired) electrons. The summed E-state index contributed by atoms with van der Waals surface area (Å²) in [7, 11) is 0. The Morgan fingerprint density at radius 1 is 1.05 bits per heavy atom. The number of aromatic amines is 1. The Kier molecular flexibility index (Phi) is 3.73. The summed E-state index contributed by atoms with van der Waals surface area (Å²) in [6.45, 7) is 0.416. The third-order valence-corrected chi connectivity index (χ3v) is 3.07. The van der Waals surface area contributed by atoms with E-state index in [1.54, 1.807) is 30.7 Å². The number of H-pyrrole nitrogens is 1. The van der Waals surface area contributed by atoms with E-state index < -0.39 is 0 Å². The number of carbonyl (C=O) groups is 1. The van der Waals surface area contributed by atoms with Gasteiger partial charge in [-0.2, -0.15) is 0 Å². The van der Waals surface area contributed by atoms with Crippen molar-refractivity contribution >= 4 is 5.91 Å². The molecule has 0 spiro atoms. The molecular formula is C16H14N4O. The molecule has 1 amide bonds. The van der Waals surface area contributed by atoms with E-state index in [2.05, 4.69) is 20.3 Å². The van der Waals surface area contributed by atoms with Gasteiger partial charge in [0.1, 0.15) is 5.82 Å². The number of rotatable bonds is 4. The molecule has 3 rings (SSSR count). The molecule has 0 unspecified atom stereocenters. The Hall–Kier alpha value is -2.95. The largest absolute Gasteiger partial charge is 0.346 e. The minimum atomic E-state index is -0.119. The first-order valence-electron chi connectivity index (χ1n) is 6.61. The van der Waals surface area contributed by atoms with E-state index in [1.165, 1.54) is 0 Å². The number of pyridine rings is 1. The monoisotopic (exact) mass is 278 g/mol. The summed E-state index contributed by atoms with van der Waals surface area (Å²) in [5, 5.41) is 2.84. The average Bonchev–Trinajstić information content (AvgIpc) is 3.08. The molecular weight excluding hydrogens is 264 g/mol. The van der Waals surface area contributed by atoms with E-state index >= 15 is 0 Å². The van der Waals surface area contributed by atoms with Crippen molar-refractivity contribution in [2.24, 2.45) is 0 Å². The van der Waals surface area contributed by atoms with Crippen molar-refractivity contribution in [3.63, 3.8) is 0 Å². The van der Waals surface area contributed by atoms with E-state index in [-0.39, 0.29) is 5.91 Å². The molecule has 0 atom stereocenters. The van der Waals surface area contributed by atoms with Crippen LogP contribution in [0.25, 0.3) is 11.4 Å². The van der Waals surface area contributed by atoms with E-state index in [4.69, 9.17) is 0 Å². The van der Waals surface area contributed by atoms with Crippen LogP contribution in [0.2, 0.25) is 0 Å². The van der Waals surface area contributed by atoms with Crippen molar-refractivity contribution in [2.45, 2.75) is 6.54 Å². The molecule has 0 bridgehead atoms. The summed E-state index contributed by atoms with van der Waals surface area (Å²) >= 11 is 0. The quantitative estimate of drug-likeness (QED) is 0.770. The van der Waals surface area contributed by atoms with E-state index in [1.807, 2.05) is 30.3 Å². The van der Waals surface area contributed by atoms with Gasteiger partial charge in [0, 0.05) is 29.7 Å². The number of imidazole rings is 1. The van der Waals surface area contributed by atoms with Crippen LogP contribution in [0.4, 0.5) is 0 Å². The van der Waals surface area contributed by atoms with Crippen molar-refractivity contribution < 1.29 is 4.79 Å². The molecule has 0 saturated carbocycles. The third-order valence-electron chi connectivity index (χ3n) is 3.07. The summed E-state index contributed by atoms with van der Waals surface area (Å²) in [5.74, 6) is 0.669.